The number of aryl methyl sites for hydroxylation is 1. The minimum Gasteiger partial charge on any atom is -0.501 e. The van der Waals surface area contributed by atoms with Crippen molar-refractivity contribution in [1.29, 1.82) is 0 Å². The molecule has 0 saturated carbocycles. The van der Waals surface area contributed by atoms with Crippen molar-refractivity contribution >= 4 is 35.2 Å². The number of hydrogen-bond acceptors (Lipinski definition) is 3. The summed E-state index contributed by atoms with van der Waals surface area (Å²) in [6.45, 7) is 8.38. The van der Waals surface area contributed by atoms with Gasteiger partial charge in [0.1, 0.15) is 11.4 Å². The molecule has 3 heterocycles. The Morgan fingerprint density at radius 1 is 0.815 bits per heavy atom. The minimum absolute atomic E-state index is 0. The number of rotatable bonds is 7. The fourth-order valence-electron chi connectivity index (χ4n) is 6.29. The number of benzene rings is 5. The third kappa shape index (κ3) is 8.69. The Kier molecular flexibility index (Phi) is 9.62. The fourth-order valence-corrected chi connectivity index (χ4v) is 7.87. The van der Waals surface area contributed by atoms with Crippen molar-refractivity contribution < 1.29 is 37.1 Å². The molecule has 273 valence electrons. The monoisotopic (exact) mass is 909 g/mol. The van der Waals surface area contributed by atoms with E-state index in [1.807, 2.05) is 74.6 Å². The number of furan rings is 1. The van der Waals surface area contributed by atoms with Crippen LogP contribution in [0.2, 0.25) is 19.6 Å². The van der Waals surface area contributed by atoms with Gasteiger partial charge in [0, 0.05) is 46.1 Å². The van der Waals surface area contributed by atoms with E-state index in [1.54, 1.807) is 54.7 Å². The van der Waals surface area contributed by atoms with Crippen molar-refractivity contribution in [3.63, 3.8) is 0 Å². The molecule has 8 rings (SSSR count). The van der Waals surface area contributed by atoms with Gasteiger partial charge < -0.3 is 14.4 Å². The molecule has 0 aliphatic carbocycles. The number of nitrogens with zero attached hydrogens (tertiary/aromatic N) is 2. The van der Waals surface area contributed by atoms with Gasteiger partial charge in [0.05, 0.1) is 13.7 Å². The zero-order chi connectivity index (χ0) is 42.3. The summed E-state index contributed by atoms with van der Waals surface area (Å²) in [5, 5.41) is 3.07. The molecule has 0 saturated heterocycles. The molecular weight excluding hydrogens is 860 g/mol. The van der Waals surface area contributed by atoms with Crippen LogP contribution >= 0.6 is 0 Å². The van der Waals surface area contributed by atoms with Crippen LogP contribution in [0.25, 0.3) is 55.6 Å². The Morgan fingerprint density at radius 3 is 2.30 bits per heavy atom. The van der Waals surface area contributed by atoms with E-state index in [9.17, 15) is 4.39 Å². The molecule has 0 spiro atoms. The minimum atomic E-state index is -2.13. The number of aromatic nitrogens is 2. The maximum absolute atomic E-state index is 13.3. The van der Waals surface area contributed by atoms with Crippen molar-refractivity contribution in [3.8, 4) is 33.6 Å². The molecule has 0 atom stereocenters. The topological polar surface area (TPSA) is 38.9 Å². The summed E-state index contributed by atoms with van der Waals surface area (Å²) in [6.07, 6.45) is 1.83. The molecule has 0 aliphatic rings. The van der Waals surface area contributed by atoms with Crippen molar-refractivity contribution in [3.05, 3.63) is 174 Å². The summed E-state index contributed by atoms with van der Waals surface area (Å²) in [4.78, 5) is 9.08. The molecular formula is C48H43FIrN2OSi-2. The van der Waals surface area contributed by atoms with Crippen LogP contribution in [-0.4, -0.2) is 18.0 Å². The third-order valence-electron chi connectivity index (χ3n) is 9.03. The summed E-state index contributed by atoms with van der Waals surface area (Å²) < 4.78 is 67.9. The van der Waals surface area contributed by atoms with E-state index >= 15 is 0 Å². The van der Waals surface area contributed by atoms with Crippen molar-refractivity contribution in [2.75, 3.05) is 0 Å². The molecule has 3 aromatic heterocycles. The molecule has 0 aliphatic heterocycles. The van der Waals surface area contributed by atoms with Crippen molar-refractivity contribution in [2.24, 2.45) is 0 Å². The molecule has 0 amide bonds. The molecule has 0 N–H and O–H groups in total. The fraction of sp³-hybridized carbons (Fsp3) is 0.167. The Hall–Kier alpha value is -5.00. The van der Waals surface area contributed by atoms with Crippen LogP contribution in [0.1, 0.15) is 50.2 Å². The van der Waals surface area contributed by atoms with Crippen LogP contribution in [0.15, 0.2) is 138 Å². The molecule has 0 unspecified atom stereocenters. The van der Waals surface area contributed by atoms with Crippen LogP contribution in [0.4, 0.5) is 4.39 Å². The summed E-state index contributed by atoms with van der Waals surface area (Å²) in [5.41, 5.74) is 8.26. The average molecular weight is 909 g/mol. The van der Waals surface area contributed by atoms with E-state index < -0.39 is 27.2 Å². The zero-order valence-corrected chi connectivity index (χ0v) is 34.1. The number of halogens is 1. The van der Waals surface area contributed by atoms with Crippen LogP contribution in [0.3, 0.4) is 0 Å². The van der Waals surface area contributed by atoms with Crippen LogP contribution in [0, 0.1) is 24.8 Å². The van der Waals surface area contributed by atoms with Gasteiger partial charge in [0.25, 0.3) is 0 Å². The predicted octanol–water partition coefficient (Wildman–Crippen LogP) is 12.4. The quantitative estimate of drug-likeness (QED) is 0.118. The van der Waals surface area contributed by atoms with E-state index in [0.717, 1.165) is 38.7 Å². The van der Waals surface area contributed by atoms with Crippen molar-refractivity contribution in [2.45, 2.75) is 52.6 Å². The van der Waals surface area contributed by atoms with Gasteiger partial charge in [0.15, 0.2) is 0 Å². The summed E-state index contributed by atoms with van der Waals surface area (Å²) in [6, 6.07) is 41.7. The molecule has 54 heavy (non-hydrogen) atoms. The first kappa shape index (κ1) is 31.4. The number of hydrogen-bond donors (Lipinski definition) is 0. The summed E-state index contributed by atoms with van der Waals surface area (Å²) in [7, 11) is -1.61. The zero-order valence-electron chi connectivity index (χ0n) is 36.7. The molecule has 6 heteroatoms. The molecule has 5 aromatic carbocycles. The third-order valence-corrected chi connectivity index (χ3v) is 11.0. The van der Waals surface area contributed by atoms with E-state index in [2.05, 4.69) is 41.7 Å². The van der Waals surface area contributed by atoms with Crippen LogP contribution in [0.5, 0.6) is 0 Å². The Labute approximate surface area is 341 Å². The maximum Gasteiger partial charge on any atom is 0.123 e. The smallest absolute Gasteiger partial charge is 0.123 e. The van der Waals surface area contributed by atoms with Gasteiger partial charge >= 0.3 is 0 Å². The molecule has 8 aromatic rings. The average Bonchev–Trinajstić information content (AvgIpc) is 3.59. The molecule has 3 nitrogen and oxygen atoms in total. The maximum atomic E-state index is 13.3. The van der Waals surface area contributed by atoms with Gasteiger partial charge in [-0.25, -0.2) is 4.39 Å². The Morgan fingerprint density at radius 2 is 1.59 bits per heavy atom. The molecule has 0 bridgehead atoms. The van der Waals surface area contributed by atoms with Gasteiger partial charge in [0.2, 0.25) is 0 Å². The van der Waals surface area contributed by atoms with E-state index in [1.165, 1.54) is 23.4 Å². The Bertz CT molecular complexity index is 2760. The second-order valence-corrected chi connectivity index (χ2v) is 19.2. The van der Waals surface area contributed by atoms with Gasteiger partial charge in [-0.05, 0) is 75.4 Å². The van der Waals surface area contributed by atoms with Gasteiger partial charge in [-0.1, -0.05) is 124 Å². The second kappa shape index (κ2) is 16.6. The second-order valence-electron chi connectivity index (χ2n) is 14.2. The van der Waals surface area contributed by atoms with Crippen molar-refractivity contribution in [1.82, 2.24) is 9.97 Å². The first-order chi connectivity index (χ1) is 27.8. The van der Waals surface area contributed by atoms with E-state index in [4.69, 9.17) is 12.6 Å². The van der Waals surface area contributed by atoms with E-state index in [0.29, 0.717) is 33.6 Å². The van der Waals surface area contributed by atoms with Crippen LogP contribution < -0.4 is 5.19 Å². The Balaban J connectivity index is 0.000000213. The SMILES string of the molecule is [2H]C([2H])([2H])c1c[c-]c(-c2cc(C([2H])(C)C)c([Si](C)(C)C)cn2)cc1.[2H]C([2H])(c1ccccc1)c1ccnc(-c2[c-]ccc3c2oc2cc(-c4ccc(F)cc4)ccc23)c1.[Ir]. The largest absolute Gasteiger partial charge is 0.501 e. The standard InChI is InChI=1S/C30H19FNO.C18H24NSi.Ir/c31-24-12-9-22(10-13-24)23-11-14-25-26-7-4-8-27(30(26)33-29(25)19-23)28-18-21(15-16-32-28)17-20-5-2-1-3-6-20;1-13(2)16-11-17(15-9-7-14(3)8-10-15)19-12-18(16)20(4,5)6;/h1-7,9-16,18-19H,17H2;7-9,11-13H,1-6H3;/q2*-1;/i17D2;3D3,13D;. The normalized spacial score (nSPS) is 13.7. The first-order valence-electron chi connectivity index (χ1n) is 20.5. The van der Waals surface area contributed by atoms with Gasteiger partial charge in [-0.2, -0.15) is 0 Å². The number of pyridine rings is 2. The summed E-state index contributed by atoms with van der Waals surface area (Å²) in [5.74, 6) is -0.989. The van der Waals surface area contributed by atoms with Gasteiger partial charge in [-0.3, -0.25) is 0 Å². The first-order valence-corrected chi connectivity index (χ1v) is 21.0. The van der Waals surface area contributed by atoms with Crippen LogP contribution in [-0.2, 0) is 26.5 Å². The number of fused-ring (bicyclic) bond motifs is 3. The molecule has 1 radical (unpaired) electrons. The summed E-state index contributed by atoms with van der Waals surface area (Å²) >= 11 is 0. The van der Waals surface area contributed by atoms with Gasteiger partial charge in [-0.15, -0.1) is 53.6 Å². The predicted molar refractivity (Wildman–Crippen MR) is 221 cm³/mol. The van der Waals surface area contributed by atoms with E-state index in [-0.39, 0.29) is 31.5 Å². The molecule has 0 fully saturated rings.